The monoisotopic (exact) mass is 347 g/mol. The van der Waals surface area contributed by atoms with Crippen LogP contribution in [-0.2, 0) is 16.1 Å². The first-order valence-corrected chi connectivity index (χ1v) is 8.88. The molecule has 0 saturated carbocycles. The van der Waals surface area contributed by atoms with Crippen molar-refractivity contribution >= 4 is 12.0 Å². The summed E-state index contributed by atoms with van der Waals surface area (Å²) in [6.07, 6.45) is 1.39. The predicted octanol–water partition coefficient (Wildman–Crippen LogP) is 2.23. The highest BCUT2D eigenvalue weighted by Gasteiger charge is 2.31. The van der Waals surface area contributed by atoms with Crippen molar-refractivity contribution in [1.82, 2.24) is 9.80 Å². The maximum absolute atomic E-state index is 12.4. The second-order valence-corrected chi connectivity index (χ2v) is 7.00. The van der Waals surface area contributed by atoms with Gasteiger partial charge in [0.2, 0.25) is 5.91 Å². The molecule has 0 spiro atoms. The quantitative estimate of drug-likeness (QED) is 0.886. The van der Waals surface area contributed by atoms with Gasteiger partial charge in [0.05, 0.1) is 6.04 Å². The molecule has 1 aliphatic rings. The lowest BCUT2D eigenvalue weighted by Crippen LogP contribution is -2.54. The van der Waals surface area contributed by atoms with Crippen molar-refractivity contribution in [1.29, 1.82) is 0 Å². The molecule has 0 radical (unpaired) electrons. The highest BCUT2D eigenvalue weighted by Crippen LogP contribution is 2.18. The van der Waals surface area contributed by atoms with Crippen molar-refractivity contribution in [2.24, 2.45) is 11.7 Å². The first kappa shape index (κ1) is 19.2. The molecule has 6 heteroatoms. The van der Waals surface area contributed by atoms with E-state index in [1.807, 2.05) is 44.2 Å². The van der Waals surface area contributed by atoms with Crippen LogP contribution in [0.25, 0.3) is 0 Å². The Hall–Kier alpha value is -2.08. The van der Waals surface area contributed by atoms with E-state index in [2.05, 4.69) is 0 Å². The third-order valence-electron chi connectivity index (χ3n) is 4.76. The standard InChI is InChI=1S/C19H29N3O3/c1-14(2)17(20)18(23)21(3)16-10-7-11-22(12-16)19(24)25-13-15-8-5-4-6-9-15/h4-6,8-9,14,16-17H,7,10-13,20H2,1-3H3/t16-,17+/m0/s1. The molecule has 0 aromatic heterocycles. The van der Waals surface area contributed by atoms with Crippen LogP contribution in [0.15, 0.2) is 30.3 Å². The Labute approximate surface area is 149 Å². The molecular formula is C19H29N3O3. The lowest BCUT2D eigenvalue weighted by Gasteiger charge is -2.38. The van der Waals surface area contributed by atoms with Crippen molar-refractivity contribution in [3.05, 3.63) is 35.9 Å². The molecule has 1 aromatic carbocycles. The number of benzene rings is 1. The van der Waals surface area contributed by atoms with E-state index in [1.54, 1.807) is 16.8 Å². The minimum Gasteiger partial charge on any atom is -0.445 e. The lowest BCUT2D eigenvalue weighted by atomic mass is 10.0. The zero-order valence-electron chi connectivity index (χ0n) is 15.4. The molecule has 1 aromatic rings. The van der Waals surface area contributed by atoms with Crippen LogP contribution in [0.1, 0.15) is 32.3 Å². The molecule has 1 fully saturated rings. The van der Waals surface area contributed by atoms with Crippen molar-refractivity contribution < 1.29 is 14.3 Å². The molecule has 2 N–H and O–H groups in total. The van der Waals surface area contributed by atoms with Crippen LogP contribution >= 0.6 is 0 Å². The van der Waals surface area contributed by atoms with Crippen molar-refractivity contribution in [2.45, 2.75) is 45.4 Å². The van der Waals surface area contributed by atoms with Gasteiger partial charge in [-0.15, -0.1) is 0 Å². The largest absolute Gasteiger partial charge is 0.445 e. The molecule has 25 heavy (non-hydrogen) atoms. The van der Waals surface area contributed by atoms with Crippen LogP contribution in [0.5, 0.6) is 0 Å². The van der Waals surface area contributed by atoms with E-state index < -0.39 is 6.04 Å². The van der Waals surface area contributed by atoms with Gasteiger partial charge in [-0.05, 0) is 24.3 Å². The summed E-state index contributed by atoms with van der Waals surface area (Å²) in [5.74, 6) is 0.0185. The molecule has 2 rings (SSSR count). The molecule has 6 nitrogen and oxygen atoms in total. The minimum absolute atomic E-state index is 0.0182. The van der Waals surface area contributed by atoms with Gasteiger partial charge in [-0.2, -0.15) is 0 Å². The summed E-state index contributed by atoms with van der Waals surface area (Å²) in [7, 11) is 1.77. The number of nitrogens with two attached hydrogens (primary N) is 1. The summed E-state index contributed by atoms with van der Waals surface area (Å²) in [4.78, 5) is 28.1. The Balaban J connectivity index is 1.89. The Morgan fingerprint density at radius 1 is 1.32 bits per heavy atom. The highest BCUT2D eigenvalue weighted by atomic mass is 16.6. The van der Waals surface area contributed by atoms with E-state index in [0.717, 1.165) is 18.4 Å². The number of nitrogens with zero attached hydrogens (tertiary/aromatic N) is 2. The van der Waals surface area contributed by atoms with Gasteiger partial charge in [-0.3, -0.25) is 4.79 Å². The Morgan fingerprint density at radius 2 is 2.00 bits per heavy atom. The normalized spacial score (nSPS) is 18.8. The van der Waals surface area contributed by atoms with Gasteiger partial charge < -0.3 is 20.3 Å². The highest BCUT2D eigenvalue weighted by molar-refractivity contribution is 5.82. The van der Waals surface area contributed by atoms with E-state index in [9.17, 15) is 9.59 Å². The van der Waals surface area contributed by atoms with Crippen LogP contribution in [-0.4, -0.2) is 54.0 Å². The average Bonchev–Trinajstić information content (AvgIpc) is 2.65. The molecular weight excluding hydrogens is 318 g/mol. The van der Waals surface area contributed by atoms with E-state index >= 15 is 0 Å². The molecule has 138 valence electrons. The molecule has 1 saturated heterocycles. The summed E-state index contributed by atoms with van der Waals surface area (Å²) in [6.45, 7) is 5.27. The Bertz CT molecular complexity index is 577. The van der Waals surface area contributed by atoms with Gasteiger partial charge in [-0.1, -0.05) is 44.2 Å². The number of likely N-dealkylation sites (N-methyl/N-ethyl adjacent to an activating group) is 1. The second kappa shape index (κ2) is 8.85. The van der Waals surface area contributed by atoms with Crippen molar-refractivity contribution in [3.63, 3.8) is 0 Å². The van der Waals surface area contributed by atoms with Crippen LogP contribution in [0.3, 0.4) is 0 Å². The third-order valence-corrected chi connectivity index (χ3v) is 4.76. The number of hydrogen-bond donors (Lipinski definition) is 1. The zero-order chi connectivity index (χ0) is 18.4. The average molecular weight is 347 g/mol. The Morgan fingerprint density at radius 3 is 2.64 bits per heavy atom. The fourth-order valence-corrected chi connectivity index (χ4v) is 2.95. The lowest BCUT2D eigenvalue weighted by molar-refractivity contribution is -0.135. The van der Waals surface area contributed by atoms with Crippen molar-refractivity contribution in [2.75, 3.05) is 20.1 Å². The molecule has 1 heterocycles. The Kier molecular flexibility index (Phi) is 6.82. The van der Waals surface area contributed by atoms with E-state index in [0.29, 0.717) is 13.1 Å². The molecule has 0 bridgehead atoms. The van der Waals surface area contributed by atoms with Gasteiger partial charge in [0, 0.05) is 26.2 Å². The summed E-state index contributed by atoms with van der Waals surface area (Å²) in [5.41, 5.74) is 6.94. The van der Waals surface area contributed by atoms with Gasteiger partial charge in [0.1, 0.15) is 6.61 Å². The van der Waals surface area contributed by atoms with Crippen LogP contribution in [0, 0.1) is 5.92 Å². The van der Waals surface area contributed by atoms with Crippen LogP contribution in [0.4, 0.5) is 4.79 Å². The molecule has 1 aliphatic heterocycles. The van der Waals surface area contributed by atoms with Crippen molar-refractivity contribution in [3.8, 4) is 0 Å². The van der Waals surface area contributed by atoms with Gasteiger partial charge >= 0.3 is 6.09 Å². The number of hydrogen-bond acceptors (Lipinski definition) is 4. The maximum Gasteiger partial charge on any atom is 0.410 e. The van der Waals surface area contributed by atoms with E-state index in [1.165, 1.54) is 0 Å². The van der Waals surface area contributed by atoms with E-state index in [-0.39, 0.29) is 30.6 Å². The van der Waals surface area contributed by atoms with Gasteiger partial charge in [0.25, 0.3) is 0 Å². The molecule has 2 atom stereocenters. The van der Waals surface area contributed by atoms with Crippen LogP contribution in [0.2, 0.25) is 0 Å². The third kappa shape index (κ3) is 5.19. The van der Waals surface area contributed by atoms with Crippen LogP contribution < -0.4 is 5.73 Å². The number of ether oxygens (including phenoxy) is 1. The number of piperidine rings is 1. The fraction of sp³-hybridized carbons (Fsp3) is 0.579. The first-order valence-electron chi connectivity index (χ1n) is 8.88. The predicted molar refractivity (Wildman–Crippen MR) is 96.8 cm³/mol. The zero-order valence-corrected chi connectivity index (χ0v) is 15.4. The van der Waals surface area contributed by atoms with Gasteiger partial charge in [-0.25, -0.2) is 4.79 Å². The number of likely N-dealkylation sites (tertiary alicyclic amines) is 1. The SMILES string of the molecule is CC(C)[C@@H](N)C(=O)N(C)[C@H]1CCCN(C(=O)OCc2ccccc2)C1. The molecule has 0 aliphatic carbocycles. The number of amides is 2. The second-order valence-electron chi connectivity index (χ2n) is 7.00. The minimum atomic E-state index is -0.509. The summed E-state index contributed by atoms with van der Waals surface area (Å²) < 4.78 is 5.40. The fourth-order valence-electron chi connectivity index (χ4n) is 2.95. The smallest absolute Gasteiger partial charge is 0.410 e. The topological polar surface area (TPSA) is 75.9 Å². The summed E-state index contributed by atoms with van der Waals surface area (Å²) in [6, 6.07) is 9.07. The number of carbonyl (C=O) groups is 2. The molecule has 0 unspecified atom stereocenters. The molecule has 2 amide bonds. The number of carbonyl (C=O) groups excluding carboxylic acids is 2. The van der Waals surface area contributed by atoms with E-state index in [4.69, 9.17) is 10.5 Å². The summed E-state index contributed by atoms with van der Waals surface area (Å²) in [5, 5.41) is 0. The van der Waals surface area contributed by atoms with Gasteiger partial charge in [0.15, 0.2) is 0 Å². The summed E-state index contributed by atoms with van der Waals surface area (Å²) >= 11 is 0. The first-order chi connectivity index (χ1) is 11.9. The maximum atomic E-state index is 12.4. The number of rotatable bonds is 5.